The molecule has 0 aromatic heterocycles. The Labute approximate surface area is 100.0 Å². The van der Waals surface area contributed by atoms with E-state index in [2.05, 4.69) is 5.32 Å². The van der Waals surface area contributed by atoms with Gasteiger partial charge in [0.15, 0.2) is 0 Å². The molecule has 0 aliphatic carbocycles. The van der Waals surface area contributed by atoms with Crippen LogP contribution in [0.1, 0.15) is 34.6 Å². The summed E-state index contributed by atoms with van der Waals surface area (Å²) in [6, 6.07) is -1.81. The average Bonchev–Trinajstić information content (AvgIpc) is 2.37. The van der Waals surface area contributed by atoms with Crippen molar-refractivity contribution in [1.82, 2.24) is 10.2 Å². The summed E-state index contributed by atoms with van der Waals surface area (Å²) >= 11 is 0. The van der Waals surface area contributed by atoms with Gasteiger partial charge < -0.3 is 10.4 Å². The molecule has 3 amide bonds. The number of hydrogen-bond donors (Lipinski definition) is 2. The Balaban J connectivity index is 3.14. The second-order valence-corrected chi connectivity index (χ2v) is 5.49. The third-order valence-electron chi connectivity index (χ3n) is 3.47. The van der Waals surface area contributed by atoms with Gasteiger partial charge >= 0.3 is 12.0 Å². The van der Waals surface area contributed by atoms with Crippen LogP contribution in [-0.2, 0) is 9.59 Å². The Bertz CT molecular complexity index is 385. The summed E-state index contributed by atoms with van der Waals surface area (Å²) in [7, 11) is 0. The average molecular weight is 242 g/mol. The van der Waals surface area contributed by atoms with Gasteiger partial charge in [-0.25, -0.2) is 14.5 Å². The van der Waals surface area contributed by atoms with Crippen LogP contribution in [0.5, 0.6) is 0 Å². The summed E-state index contributed by atoms with van der Waals surface area (Å²) in [6.45, 7) is 8.39. The van der Waals surface area contributed by atoms with Crippen molar-refractivity contribution >= 4 is 17.9 Å². The van der Waals surface area contributed by atoms with Crippen LogP contribution < -0.4 is 5.32 Å². The molecule has 96 valence electrons. The molecule has 1 aliphatic heterocycles. The van der Waals surface area contributed by atoms with Crippen LogP contribution in [-0.4, -0.2) is 39.5 Å². The van der Waals surface area contributed by atoms with Gasteiger partial charge in [-0.3, -0.25) is 4.79 Å². The minimum atomic E-state index is -1.20. The number of rotatable bonds is 2. The number of amides is 3. The zero-order valence-electron chi connectivity index (χ0n) is 10.7. The van der Waals surface area contributed by atoms with Crippen LogP contribution >= 0.6 is 0 Å². The summed E-state index contributed by atoms with van der Waals surface area (Å²) in [6.07, 6.45) is 0. The fraction of sp³-hybridized carbons (Fsp3) is 0.727. The van der Waals surface area contributed by atoms with Gasteiger partial charge in [0.1, 0.15) is 11.6 Å². The van der Waals surface area contributed by atoms with Crippen LogP contribution in [0, 0.1) is 5.41 Å². The van der Waals surface area contributed by atoms with Crippen molar-refractivity contribution in [3.8, 4) is 0 Å². The fourth-order valence-electron chi connectivity index (χ4n) is 1.63. The lowest BCUT2D eigenvalue weighted by Crippen LogP contribution is -2.55. The maximum absolute atomic E-state index is 12.2. The number of nitrogens with zero attached hydrogens (tertiary/aromatic N) is 1. The molecule has 0 saturated carbocycles. The van der Waals surface area contributed by atoms with E-state index in [1.54, 1.807) is 6.92 Å². The number of carbonyl (C=O) groups excluding carboxylic acids is 2. The third-order valence-corrected chi connectivity index (χ3v) is 3.47. The Morgan fingerprint density at radius 3 is 2.18 bits per heavy atom. The van der Waals surface area contributed by atoms with Crippen molar-refractivity contribution in [2.75, 3.05) is 0 Å². The van der Waals surface area contributed by atoms with Crippen molar-refractivity contribution < 1.29 is 19.5 Å². The fourth-order valence-corrected chi connectivity index (χ4v) is 1.63. The van der Waals surface area contributed by atoms with E-state index in [1.807, 2.05) is 20.8 Å². The summed E-state index contributed by atoms with van der Waals surface area (Å²) in [5, 5.41) is 11.5. The van der Waals surface area contributed by atoms with Gasteiger partial charge in [0.25, 0.3) is 5.91 Å². The predicted octanol–water partition coefficient (Wildman–Crippen LogP) is 0.816. The standard InChI is InChI=1S/C11H18N2O4/c1-6(7(14)15)13-8(16)11(5,10(2,3)4)12-9(13)17/h6H,1-5H3,(H,12,17)(H,14,15). The minimum absolute atomic E-state index is 0.493. The number of imide groups is 1. The van der Waals surface area contributed by atoms with Crippen molar-refractivity contribution in [2.45, 2.75) is 46.2 Å². The van der Waals surface area contributed by atoms with Crippen molar-refractivity contribution in [3.05, 3.63) is 0 Å². The lowest BCUT2D eigenvalue weighted by atomic mass is 9.75. The maximum atomic E-state index is 12.2. The first-order chi connectivity index (χ1) is 7.52. The van der Waals surface area contributed by atoms with Gasteiger partial charge in [-0.1, -0.05) is 20.8 Å². The van der Waals surface area contributed by atoms with Crippen LogP contribution in [0.3, 0.4) is 0 Å². The number of carboxylic acid groups (broad SMARTS) is 1. The van der Waals surface area contributed by atoms with Gasteiger partial charge in [-0.2, -0.15) is 0 Å². The molecule has 6 heteroatoms. The molecule has 0 bridgehead atoms. The second-order valence-electron chi connectivity index (χ2n) is 5.49. The van der Waals surface area contributed by atoms with Gasteiger partial charge in [-0.15, -0.1) is 0 Å². The van der Waals surface area contributed by atoms with E-state index in [9.17, 15) is 14.4 Å². The van der Waals surface area contributed by atoms with Crippen LogP contribution in [0.2, 0.25) is 0 Å². The molecule has 1 heterocycles. The molecule has 2 N–H and O–H groups in total. The molecule has 0 spiro atoms. The molecule has 2 unspecified atom stereocenters. The smallest absolute Gasteiger partial charge is 0.326 e. The van der Waals surface area contributed by atoms with Crippen LogP contribution in [0.25, 0.3) is 0 Å². The zero-order chi connectivity index (χ0) is 13.6. The Morgan fingerprint density at radius 1 is 1.41 bits per heavy atom. The van der Waals surface area contributed by atoms with E-state index in [0.717, 1.165) is 4.90 Å². The lowest BCUT2D eigenvalue weighted by Gasteiger charge is -2.35. The largest absolute Gasteiger partial charge is 0.480 e. The first-order valence-corrected chi connectivity index (χ1v) is 5.41. The van der Waals surface area contributed by atoms with Gasteiger partial charge in [0.2, 0.25) is 0 Å². The van der Waals surface area contributed by atoms with Gasteiger partial charge in [0, 0.05) is 0 Å². The highest BCUT2D eigenvalue weighted by Gasteiger charge is 2.56. The molecule has 1 aliphatic rings. The Morgan fingerprint density at radius 2 is 1.88 bits per heavy atom. The van der Waals surface area contributed by atoms with E-state index in [1.165, 1.54) is 6.92 Å². The van der Waals surface area contributed by atoms with E-state index in [4.69, 9.17) is 5.11 Å². The number of carboxylic acids is 1. The second kappa shape index (κ2) is 3.72. The predicted molar refractivity (Wildman–Crippen MR) is 60.3 cm³/mol. The SMILES string of the molecule is CC(C(=O)O)N1C(=O)NC(C)(C(C)(C)C)C1=O. The first-order valence-electron chi connectivity index (χ1n) is 5.41. The molecular weight excluding hydrogens is 224 g/mol. The summed E-state index contributed by atoms with van der Waals surface area (Å²) in [4.78, 5) is 35.6. The molecule has 0 radical (unpaired) electrons. The molecule has 0 aromatic rings. The molecule has 1 fully saturated rings. The van der Waals surface area contributed by atoms with E-state index >= 15 is 0 Å². The molecule has 2 atom stereocenters. The molecule has 1 saturated heterocycles. The molecule has 17 heavy (non-hydrogen) atoms. The third kappa shape index (κ3) is 1.87. The number of urea groups is 1. The van der Waals surface area contributed by atoms with Crippen molar-refractivity contribution in [2.24, 2.45) is 5.41 Å². The Kier molecular flexibility index (Phi) is 2.94. The minimum Gasteiger partial charge on any atom is -0.480 e. The Hall–Kier alpha value is -1.59. The van der Waals surface area contributed by atoms with E-state index in [-0.39, 0.29) is 0 Å². The normalized spacial score (nSPS) is 27.0. The number of hydrogen-bond acceptors (Lipinski definition) is 3. The van der Waals surface area contributed by atoms with E-state index < -0.39 is 34.9 Å². The van der Waals surface area contributed by atoms with Crippen LogP contribution in [0.15, 0.2) is 0 Å². The quantitative estimate of drug-likeness (QED) is 0.702. The topological polar surface area (TPSA) is 86.7 Å². The monoisotopic (exact) mass is 242 g/mol. The summed E-state index contributed by atoms with van der Waals surface area (Å²) < 4.78 is 0. The number of nitrogens with one attached hydrogen (secondary N) is 1. The highest BCUT2D eigenvalue weighted by Crippen LogP contribution is 2.35. The molecule has 1 rings (SSSR count). The van der Waals surface area contributed by atoms with Crippen molar-refractivity contribution in [3.63, 3.8) is 0 Å². The zero-order valence-corrected chi connectivity index (χ0v) is 10.7. The molecule has 6 nitrogen and oxygen atoms in total. The van der Waals surface area contributed by atoms with Crippen LogP contribution in [0.4, 0.5) is 4.79 Å². The molecule has 0 aromatic carbocycles. The van der Waals surface area contributed by atoms with Crippen molar-refractivity contribution in [1.29, 1.82) is 0 Å². The van der Waals surface area contributed by atoms with E-state index in [0.29, 0.717) is 0 Å². The van der Waals surface area contributed by atoms with Gasteiger partial charge in [0.05, 0.1) is 0 Å². The summed E-state index contributed by atoms with van der Waals surface area (Å²) in [5.74, 6) is -1.70. The highest BCUT2D eigenvalue weighted by molar-refractivity contribution is 6.09. The van der Waals surface area contributed by atoms with Gasteiger partial charge in [-0.05, 0) is 19.3 Å². The lowest BCUT2D eigenvalue weighted by molar-refractivity contribution is -0.148. The molecular formula is C11H18N2O4. The summed E-state index contributed by atoms with van der Waals surface area (Å²) in [5.41, 5.74) is -1.57. The first kappa shape index (κ1) is 13.5. The maximum Gasteiger partial charge on any atom is 0.326 e. The number of aliphatic carboxylic acids is 1. The highest BCUT2D eigenvalue weighted by atomic mass is 16.4. The number of carbonyl (C=O) groups is 3.